The highest BCUT2D eigenvalue weighted by Crippen LogP contribution is 2.54. The van der Waals surface area contributed by atoms with Gasteiger partial charge < -0.3 is 4.74 Å². The molecule has 25 heavy (non-hydrogen) atoms. The number of fused-ring (bicyclic) bond motifs is 3. The molecule has 0 bridgehead atoms. The van der Waals surface area contributed by atoms with E-state index in [4.69, 9.17) is 4.74 Å². The van der Waals surface area contributed by atoms with Crippen molar-refractivity contribution in [2.75, 3.05) is 0 Å². The fraction of sp³-hybridized carbons (Fsp3) is 0.227. The topological polar surface area (TPSA) is 26.3 Å². The zero-order chi connectivity index (χ0) is 17.7. The van der Waals surface area contributed by atoms with Gasteiger partial charge in [-0.1, -0.05) is 54.6 Å². The molecular formula is C22H20O2S. The Labute approximate surface area is 152 Å². The van der Waals surface area contributed by atoms with Gasteiger partial charge in [-0.3, -0.25) is 4.79 Å². The number of rotatable bonds is 2. The van der Waals surface area contributed by atoms with Gasteiger partial charge in [0.05, 0.1) is 10.3 Å². The maximum Gasteiger partial charge on any atom is 0.312 e. The fourth-order valence-electron chi connectivity index (χ4n) is 3.39. The first-order valence-electron chi connectivity index (χ1n) is 8.41. The van der Waals surface area contributed by atoms with Crippen LogP contribution in [0.3, 0.4) is 0 Å². The SMILES string of the molecule is CC(C)(C)C(=O)OC1(c2cccs2)c2ccccc2-c2ccccc21. The van der Waals surface area contributed by atoms with Gasteiger partial charge in [0.2, 0.25) is 0 Å². The van der Waals surface area contributed by atoms with E-state index < -0.39 is 11.0 Å². The van der Waals surface area contributed by atoms with Gasteiger partial charge in [-0.25, -0.2) is 0 Å². The zero-order valence-corrected chi connectivity index (χ0v) is 15.4. The van der Waals surface area contributed by atoms with Crippen molar-refractivity contribution in [2.45, 2.75) is 26.4 Å². The lowest BCUT2D eigenvalue weighted by Crippen LogP contribution is -2.37. The molecule has 0 saturated heterocycles. The minimum Gasteiger partial charge on any atom is -0.443 e. The van der Waals surface area contributed by atoms with Crippen LogP contribution in [-0.4, -0.2) is 5.97 Å². The molecule has 1 aliphatic carbocycles. The summed E-state index contributed by atoms with van der Waals surface area (Å²) in [5, 5.41) is 2.03. The third kappa shape index (κ3) is 2.34. The molecular weight excluding hydrogens is 328 g/mol. The van der Waals surface area contributed by atoms with E-state index in [9.17, 15) is 4.79 Å². The van der Waals surface area contributed by atoms with Gasteiger partial charge in [0.1, 0.15) is 0 Å². The Morgan fingerprint density at radius 1 is 0.880 bits per heavy atom. The first-order chi connectivity index (χ1) is 11.9. The van der Waals surface area contributed by atoms with Crippen LogP contribution in [0.1, 0.15) is 36.8 Å². The zero-order valence-electron chi connectivity index (χ0n) is 14.6. The Hall–Kier alpha value is -2.39. The quantitative estimate of drug-likeness (QED) is 0.563. The Morgan fingerprint density at radius 2 is 1.44 bits per heavy atom. The van der Waals surface area contributed by atoms with Gasteiger partial charge in [0, 0.05) is 11.1 Å². The van der Waals surface area contributed by atoms with Crippen molar-refractivity contribution < 1.29 is 9.53 Å². The molecule has 126 valence electrons. The first kappa shape index (κ1) is 16.1. The van der Waals surface area contributed by atoms with Crippen molar-refractivity contribution >= 4 is 17.3 Å². The highest BCUT2D eigenvalue weighted by Gasteiger charge is 2.49. The van der Waals surface area contributed by atoms with Gasteiger partial charge in [-0.2, -0.15) is 0 Å². The number of carbonyl (C=O) groups is 1. The third-order valence-corrected chi connectivity index (χ3v) is 5.60. The predicted molar refractivity (Wildman–Crippen MR) is 102 cm³/mol. The Bertz CT molecular complexity index is 887. The first-order valence-corrected chi connectivity index (χ1v) is 9.29. The van der Waals surface area contributed by atoms with Crippen LogP contribution in [0.4, 0.5) is 0 Å². The summed E-state index contributed by atoms with van der Waals surface area (Å²) in [4.78, 5) is 14.0. The smallest absolute Gasteiger partial charge is 0.312 e. The lowest BCUT2D eigenvalue weighted by atomic mass is 9.88. The molecule has 0 amide bonds. The van der Waals surface area contributed by atoms with Gasteiger partial charge in [0.15, 0.2) is 5.60 Å². The maximum absolute atomic E-state index is 12.9. The molecule has 3 heteroatoms. The summed E-state index contributed by atoms with van der Waals surface area (Å²) >= 11 is 1.62. The molecule has 0 aliphatic heterocycles. The van der Waals surface area contributed by atoms with E-state index in [1.165, 1.54) is 0 Å². The van der Waals surface area contributed by atoms with Crippen molar-refractivity contribution in [1.29, 1.82) is 0 Å². The fourth-order valence-corrected chi connectivity index (χ4v) is 4.28. The second kappa shape index (κ2) is 5.57. The van der Waals surface area contributed by atoms with E-state index in [-0.39, 0.29) is 5.97 Å². The minimum absolute atomic E-state index is 0.201. The lowest BCUT2D eigenvalue weighted by molar-refractivity contribution is -0.162. The molecule has 0 atom stereocenters. The van der Waals surface area contributed by atoms with E-state index in [1.54, 1.807) is 11.3 Å². The van der Waals surface area contributed by atoms with Crippen molar-refractivity contribution in [1.82, 2.24) is 0 Å². The normalized spacial score (nSPS) is 14.7. The maximum atomic E-state index is 12.9. The average molecular weight is 348 g/mol. The van der Waals surface area contributed by atoms with Gasteiger partial charge >= 0.3 is 5.97 Å². The summed E-state index contributed by atoms with van der Waals surface area (Å²) in [5.41, 5.74) is 2.90. The van der Waals surface area contributed by atoms with Crippen LogP contribution in [-0.2, 0) is 15.1 Å². The Morgan fingerprint density at radius 3 is 1.92 bits per heavy atom. The number of ether oxygens (including phenoxy) is 1. The largest absolute Gasteiger partial charge is 0.443 e. The number of hydrogen-bond donors (Lipinski definition) is 0. The summed E-state index contributed by atoms with van der Waals surface area (Å²) < 4.78 is 6.33. The third-order valence-electron chi connectivity index (χ3n) is 4.63. The van der Waals surface area contributed by atoms with Crippen molar-refractivity contribution in [3.63, 3.8) is 0 Å². The van der Waals surface area contributed by atoms with Gasteiger partial charge in [-0.15, -0.1) is 11.3 Å². The summed E-state index contributed by atoms with van der Waals surface area (Å²) in [6.45, 7) is 5.68. The molecule has 1 aliphatic rings. The minimum atomic E-state index is -0.869. The van der Waals surface area contributed by atoms with Crippen molar-refractivity contribution in [3.05, 3.63) is 82.0 Å². The molecule has 3 aromatic rings. The monoisotopic (exact) mass is 348 g/mol. The van der Waals surface area contributed by atoms with E-state index in [0.717, 1.165) is 27.1 Å². The summed E-state index contributed by atoms with van der Waals surface area (Å²) in [5.74, 6) is -0.201. The lowest BCUT2D eigenvalue weighted by Gasteiger charge is -2.33. The average Bonchev–Trinajstić information content (AvgIpc) is 3.21. The highest BCUT2D eigenvalue weighted by molar-refractivity contribution is 7.10. The van der Waals surface area contributed by atoms with Crippen LogP contribution in [0.2, 0.25) is 0 Å². The van der Waals surface area contributed by atoms with Gasteiger partial charge in [0.25, 0.3) is 0 Å². The van der Waals surface area contributed by atoms with Gasteiger partial charge in [-0.05, 0) is 43.3 Å². The Kier molecular flexibility index (Phi) is 3.58. The number of carbonyl (C=O) groups excluding carboxylic acids is 1. The van der Waals surface area contributed by atoms with E-state index in [1.807, 2.05) is 56.5 Å². The number of thiophene rings is 1. The number of hydrogen-bond acceptors (Lipinski definition) is 3. The Balaban J connectivity index is 2.03. The molecule has 0 saturated carbocycles. The molecule has 4 rings (SSSR count). The molecule has 2 aromatic carbocycles. The second-order valence-electron chi connectivity index (χ2n) is 7.39. The standard InChI is InChI=1S/C22H20O2S/c1-21(2,3)20(23)24-22(19-13-8-14-25-19)17-11-6-4-9-15(17)16-10-5-7-12-18(16)22/h4-14H,1-3H3. The summed E-state index contributed by atoms with van der Waals surface area (Å²) in [6, 6.07) is 20.5. The summed E-state index contributed by atoms with van der Waals surface area (Å²) in [7, 11) is 0. The second-order valence-corrected chi connectivity index (χ2v) is 8.34. The van der Waals surface area contributed by atoms with Crippen LogP contribution in [0.5, 0.6) is 0 Å². The number of benzene rings is 2. The summed E-state index contributed by atoms with van der Waals surface area (Å²) in [6.07, 6.45) is 0. The highest BCUT2D eigenvalue weighted by atomic mass is 32.1. The van der Waals surface area contributed by atoms with E-state index in [0.29, 0.717) is 0 Å². The molecule has 0 spiro atoms. The van der Waals surface area contributed by atoms with E-state index in [2.05, 4.69) is 30.3 Å². The number of esters is 1. The molecule has 0 fully saturated rings. The van der Waals surface area contributed by atoms with Crippen molar-refractivity contribution in [3.8, 4) is 11.1 Å². The van der Waals surface area contributed by atoms with Crippen LogP contribution in [0, 0.1) is 5.41 Å². The predicted octanol–water partition coefficient (Wildman–Crippen LogP) is 5.61. The van der Waals surface area contributed by atoms with Crippen LogP contribution >= 0.6 is 11.3 Å². The molecule has 1 heterocycles. The molecule has 2 nitrogen and oxygen atoms in total. The molecule has 0 N–H and O–H groups in total. The molecule has 0 radical (unpaired) electrons. The van der Waals surface area contributed by atoms with E-state index >= 15 is 0 Å². The molecule has 1 aromatic heterocycles. The van der Waals surface area contributed by atoms with Crippen molar-refractivity contribution in [2.24, 2.45) is 5.41 Å². The van der Waals surface area contributed by atoms with Crippen LogP contribution in [0.25, 0.3) is 11.1 Å². The molecule has 0 unspecified atom stereocenters. The van der Waals surface area contributed by atoms with Crippen LogP contribution in [0.15, 0.2) is 66.0 Å². The van der Waals surface area contributed by atoms with Crippen LogP contribution < -0.4 is 0 Å².